The number of benzene rings is 1. The highest BCUT2D eigenvalue weighted by Crippen LogP contribution is 2.49. The van der Waals surface area contributed by atoms with Crippen LogP contribution in [0.5, 0.6) is 5.75 Å². The Morgan fingerprint density at radius 3 is 2.41 bits per heavy atom. The van der Waals surface area contributed by atoms with Crippen molar-refractivity contribution in [1.29, 1.82) is 0 Å². The lowest BCUT2D eigenvalue weighted by molar-refractivity contribution is -0.128. The molecule has 2 aromatic rings. The lowest BCUT2D eigenvalue weighted by Gasteiger charge is -2.34. The van der Waals surface area contributed by atoms with Gasteiger partial charge in [-0.25, -0.2) is 13.8 Å². The van der Waals surface area contributed by atoms with E-state index < -0.39 is 22.7 Å². The van der Waals surface area contributed by atoms with Gasteiger partial charge in [-0.05, 0) is 13.0 Å². The summed E-state index contributed by atoms with van der Waals surface area (Å²) in [4.78, 5) is 39.4. The molecule has 1 saturated carbocycles. The molecule has 1 aromatic heterocycles. The van der Waals surface area contributed by atoms with Gasteiger partial charge in [0.2, 0.25) is 0 Å². The lowest BCUT2D eigenvalue weighted by Crippen LogP contribution is -2.48. The van der Waals surface area contributed by atoms with Gasteiger partial charge in [0.15, 0.2) is 11.4 Å². The topological polar surface area (TPSA) is 73.5 Å². The van der Waals surface area contributed by atoms with Gasteiger partial charge in [-0.15, -0.1) is 12.8 Å². The van der Waals surface area contributed by atoms with Gasteiger partial charge in [0.25, 0.3) is 11.5 Å². The van der Waals surface area contributed by atoms with Crippen LogP contribution in [0.1, 0.15) is 18.5 Å². The number of rotatable bonds is 3. The maximum Gasteiger partial charge on any atom is 0.336 e. The van der Waals surface area contributed by atoms with Crippen molar-refractivity contribution in [2.45, 2.75) is 31.9 Å². The minimum atomic E-state index is -1.00. The number of hydrogen-bond acceptors (Lipinski definition) is 4. The Hall–Kier alpha value is -3.78. The number of fused-ring (bicyclic) bond motifs is 1. The van der Waals surface area contributed by atoms with Gasteiger partial charge in [0.1, 0.15) is 5.75 Å². The number of carbonyl (C=O) groups is 1. The molecule has 0 atom stereocenters. The van der Waals surface area contributed by atoms with E-state index in [1.165, 1.54) is 21.6 Å². The maximum absolute atomic E-state index is 15.0. The summed E-state index contributed by atoms with van der Waals surface area (Å²) in [5, 5.41) is 0. The first-order chi connectivity index (χ1) is 13.8. The first-order valence-corrected chi connectivity index (χ1v) is 8.88. The van der Waals surface area contributed by atoms with Crippen LogP contribution in [-0.2, 0) is 11.3 Å². The van der Waals surface area contributed by atoms with E-state index in [1.807, 2.05) is 0 Å². The molecule has 1 aliphatic carbocycles. The SMILES string of the molecule is C#CCN1C(=O)C2(CC2)Oc2cc(F)c(-n3c(=O)cc(C)n(CC#C)c3=O)cc21. The Balaban J connectivity index is 1.95. The number of aromatic nitrogens is 2. The summed E-state index contributed by atoms with van der Waals surface area (Å²) >= 11 is 0. The second-order valence-electron chi connectivity index (χ2n) is 7.00. The second kappa shape index (κ2) is 6.39. The van der Waals surface area contributed by atoms with Crippen molar-refractivity contribution >= 4 is 11.6 Å². The molecule has 0 saturated heterocycles. The fourth-order valence-corrected chi connectivity index (χ4v) is 3.48. The molecule has 0 bridgehead atoms. The Kier molecular flexibility index (Phi) is 4.09. The molecule has 1 amide bonds. The fraction of sp³-hybridized carbons (Fsp3) is 0.286. The molecule has 0 radical (unpaired) electrons. The second-order valence-corrected chi connectivity index (χ2v) is 7.00. The first kappa shape index (κ1) is 18.6. The van der Waals surface area contributed by atoms with E-state index in [-0.39, 0.29) is 36.1 Å². The molecule has 1 aromatic carbocycles. The van der Waals surface area contributed by atoms with Crippen LogP contribution in [0, 0.1) is 37.4 Å². The number of aryl methyl sites for hydroxylation is 1. The molecule has 1 spiro atoms. The molecule has 0 unspecified atom stereocenters. The van der Waals surface area contributed by atoms with Crippen LogP contribution in [-0.4, -0.2) is 27.2 Å². The molecule has 4 rings (SSSR count). The summed E-state index contributed by atoms with van der Waals surface area (Å²) in [6, 6.07) is 3.49. The van der Waals surface area contributed by atoms with Gasteiger partial charge in [-0.1, -0.05) is 11.8 Å². The van der Waals surface area contributed by atoms with E-state index in [2.05, 4.69) is 11.8 Å². The maximum atomic E-state index is 15.0. The Morgan fingerprint density at radius 1 is 1.10 bits per heavy atom. The summed E-state index contributed by atoms with van der Waals surface area (Å²) in [5.41, 5.74) is -2.25. The van der Waals surface area contributed by atoms with Crippen LogP contribution < -0.4 is 20.9 Å². The van der Waals surface area contributed by atoms with Crippen molar-refractivity contribution < 1.29 is 13.9 Å². The quantitative estimate of drug-likeness (QED) is 0.729. The predicted octanol–water partition coefficient (Wildman–Crippen LogP) is 0.971. The van der Waals surface area contributed by atoms with Gasteiger partial charge in [0.05, 0.1) is 24.5 Å². The van der Waals surface area contributed by atoms with Gasteiger partial charge in [-0.2, -0.15) is 0 Å². The van der Waals surface area contributed by atoms with E-state index in [0.717, 1.165) is 6.07 Å². The first-order valence-electron chi connectivity index (χ1n) is 8.88. The standard InChI is InChI=1S/C21H16FN3O4/c1-4-8-23-13(3)10-18(26)25(20(23)28)15-12-16-17(11-14(15)22)29-21(6-7-21)19(27)24(16)9-5-2/h1-2,10-12H,6-9H2,3H3. The number of nitrogens with zero attached hydrogens (tertiary/aromatic N) is 3. The van der Waals surface area contributed by atoms with Crippen molar-refractivity contribution in [2.24, 2.45) is 0 Å². The molecular weight excluding hydrogens is 377 g/mol. The molecular formula is C21H16FN3O4. The van der Waals surface area contributed by atoms with Crippen LogP contribution in [0.3, 0.4) is 0 Å². The summed E-state index contributed by atoms with van der Waals surface area (Å²) in [6.45, 7) is 1.43. The fourth-order valence-electron chi connectivity index (χ4n) is 3.48. The zero-order chi connectivity index (χ0) is 20.9. The number of hydrogen-bond donors (Lipinski definition) is 0. The average Bonchev–Trinajstić information content (AvgIpc) is 3.44. The predicted molar refractivity (Wildman–Crippen MR) is 104 cm³/mol. The molecule has 0 N–H and O–H groups in total. The zero-order valence-corrected chi connectivity index (χ0v) is 15.6. The van der Waals surface area contributed by atoms with Crippen molar-refractivity contribution in [3.05, 3.63) is 50.5 Å². The number of amides is 1. The number of halogens is 1. The van der Waals surface area contributed by atoms with Crippen LogP contribution in [0.2, 0.25) is 0 Å². The third-order valence-electron chi connectivity index (χ3n) is 5.10. The molecule has 146 valence electrons. The van der Waals surface area contributed by atoms with Crippen LogP contribution in [0.15, 0.2) is 27.8 Å². The summed E-state index contributed by atoms with van der Waals surface area (Å²) in [5.74, 6) is 3.72. The number of ether oxygens (including phenoxy) is 1. The van der Waals surface area contributed by atoms with E-state index in [0.29, 0.717) is 23.1 Å². The molecule has 8 heteroatoms. The average molecular weight is 393 g/mol. The third kappa shape index (κ3) is 2.73. The smallest absolute Gasteiger partial charge is 0.336 e. The number of carbonyl (C=O) groups excluding carboxylic acids is 1. The Bertz CT molecular complexity index is 1250. The van der Waals surface area contributed by atoms with Gasteiger partial charge >= 0.3 is 5.69 Å². The molecule has 1 fully saturated rings. The highest BCUT2D eigenvalue weighted by atomic mass is 19.1. The molecule has 2 aliphatic rings. The molecule has 7 nitrogen and oxygen atoms in total. The molecule has 1 aliphatic heterocycles. The summed E-state index contributed by atoms with van der Waals surface area (Å²) < 4.78 is 22.5. The Morgan fingerprint density at radius 2 is 1.79 bits per heavy atom. The lowest BCUT2D eigenvalue weighted by atomic mass is 10.1. The van der Waals surface area contributed by atoms with Crippen LogP contribution in [0.25, 0.3) is 5.69 Å². The van der Waals surface area contributed by atoms with Gasteiger partial charge in [0, 0.05) is 30.7 Å². The summed E-state index contributed by atoms with van der Waals surface area (Å²) in [7, 11) is 0. The van der Waals surface area contributed by atoms with Crippen LogP contribution in [0.4, 0.5) is 10.1 Å². The van der Waals surface area contributed by atoms with E-state index in [1.54, 1.807) is 6.92 Å². The van der Waals surface area contributed by atoms with Gasteiger partial charge in [-0.3, -0.25) is 19.1 Å². The highest BCUT2D eigenvalue weighted by Gasteiger charge is 2.58. The number of terminal acetylenes is 2. The van der Waals surface area contributed by atoms with Crippen molar-refractivity contribution in [3.63, 3.8) is 0 Å². The van der Waals surface area contributed by atoms with Crippen molar-refractivity contribution in [2.75, 3.05) is 11.4 Å². The zero-order valence-electron chi connectivity index (χ0n) is 15.6. The van der Waals surface area contributed by atoms with E-state index in [4.69, 9.17) is 17.6 Å². The Labute approximate surface area is 165 Å². The van der Waals surface area contributed by atoms with E-state index >= 15 is 0 Å². The van der Waals surface area contributed by atoms with E-state index in [9.17, 15) is 18.8 Å². The minimum Gasteiger partial charge on any atom is -0.475 e. The van der Waals surface area contributed by atoms with Gasteiger partial charge < -0.3 is 4.74 Å². The largest absolute Gasteiger partial charge is 0.475 e. The monoisotopic (exact) mass is 393 g/mol. The van der Waals surface area contributed by atoms with Crippen LogP contribution >= 0.6 is 0 Å². The molecule has 2 heterocycles. The normalized spacial score (nSPS) is 16.0. The summed E-state index contributed by atoms with van der Waals surface area (Å²) in [6.07, 6.45) is 11.7. The minimum absolute atomic E-state index is 0.0495. The highest BCUT2D eigenvalue weighted by molar-refractivity contribution is 6.05. The van der Waals surface area contributed by atoms with Crippen molar-refractivity contribution in [3.8, 4) is 36.1 Å². The third-order valence-corrected chi connectivity index (χ3v) is 5.10. The molecule has 29 heavy (non-hydrogen) atoms. The van der Waals surface area contributed by atoms with Crippen molar-refractivity contribution in [1.82, 2.24) is 9.13 Å². The number of anilines is 1.